The molecule has 1 aromatic heterocycles. The highest BCUT2D eigenvalue weighted by Gasteiger charge is 2.35. The molecule has 1 aliphatic heterocycles. The Bertz CT molecular complexity index is 1060. The summed E-state index contributed by atoms with van der Waals surface area (Å²) in [5.41, 5.74) is 4.32. The third-order valence-corrected chi connectivity index (χ3v) is 7.08. The number of hydrogen-bond acceptors (Lipinski definition) is 6. The van der Waals surface area contributed by atoms with Gasteiger partial charge in [0, 0.05) is 30.2 Å². The lowest BCUT2D eigenvalue weighted by molar-refractivity contribution is -0.122. The zero-order chi connectivity index (χ0) is 21.8. The number of nitrogens with zero attached hydrogens (tertiary/aromatic N) is 3. The van der Waals surface area contributed by atoms with Crippen LogP contribution in [0.5, 0.6) is 0 Å². The maximum Gasteiger partial charge on any atom is 0.231 e. The van der Waals surface area contributed by atoms with Crippen molar-refractivity contribution in [1.29, 1.82) is 0 Å². The van der Waals surface area contributed by atoms with Crippen LogP contribution in [0.15, 0.2) is 48.5 Å². The first-order valence-electron chi connectivity index (χ1n) is 10.1. The summed E-state index contributed by atoms with van der Waals surface area (Å²) in [6.07, 6.45) is 0.206. The molecule has 2 heterocycles. The Balaban J connectivity index is 1.31. The molecule has 8 heteroatoms. The Morgan fingerprint density at radius 3 is 2.61 bits per heavy atom. The molecule has 0 spiro atoms. The number of nitrogens with one attached hydrogen (secondary N) is 1. The number of aryl methyl sites for hydroxylation is 2. The van der Waals surface area contributed by atoms with Gasteiger partial charge in [0.2, 0.25) is 16.9 Å². The SMILES string of the molecule is Cc1cc(C)cc(N2CC(C(=O)Nc3nnc(CSCc4ccccc4)s3)CC2=O)c1. The van der Waals surface area contributed by atoms with E-state index in [0.29, 0.717) is 11.7 Å². The van der Waals surface area contributed by atoms with Crippen molar-refractivity contribution in [3.05, 3.63) is 70.2 Å². The topological polar surface area (TPSA) is 75.2 Å². The molecule has 1 N–H and O–H groups in total. The van der Waals surface area contributed by atoms with E-state index >= 15 is 0 Å². The van der Waals surface area contributed by atoms with E-state index in [9.17, 15) is 9.59 Å². The maximum absolute atomic E-state index is 12.7. The summed E-state index contributed by atoms with van der Waals surface area (Å²) in [6, 6.07) is 16.3. The second-order valence-corrected chi connectivity index (χ2v) is 9.77. The summed E-state index contributed by atoms with van der Waals surface area (Å²) in [4.78, 5) is 26.9. The molecule has 0 saturated carbocycles. The molecule has 3 aromatic rings. The minimum absolute atomic E-state index is 0.0274. The van der Waals surface area contributed by atoms with Gasteiger partial charge >= 0.3 is 0 Å². The molecule has 1 aliphatic rings. The molecule has 160 valence electrons. The Labute approximate surface area is 190 Å². The number of aromatic nitrogens is 2. The van der Waals surface area contributed by atoms with Crippen LogP contribution in [-0.4, -0.2) is 28.6 Å². The molecule has 31 heavy (non-hydrogen) atoms. The molecule has 1 fully saturated rings. The minimum Gasteiger partial charge on any atom is -0.312 e. The first kappa shape index (κ1) is 21.5. The Kier molecular flexibility index (Phi) is 6.67. The van der Waals surface area contributed by atoms with Gasteiger partial charge in [-0.25, -0.2) is 0 Å². The second-order valence-electron chi connectivity index (χ2n) is 7.72. The number of carbonyl (C=O) groups is 2. The molecule has 0 bridgehead atoms. The van der Waals surface area contributed by atoms with Crippen LogP contribution in [0.25, 0.3) is 0 Å². The van der Waals surface area contributed by atoms with Gasteiger partial charge in [0.1, 0.15) is 5.01 Å². The average Bonchev–Trinajstić information content (AvgIpc) is 3.34. The van der Waals surface area contributed by atoms with E-state index < -0.39 is 5.92 Å². The molecular formula is C23H24N4O2S2. The number of thioether (sulfide) groups is 1. The van der Waals surface area contributed by atoms with Gasteiger partial charge in [-0.05, 0) is 42.7 Å². The zero-order valence-electron chi connectivity index (χ0n) is 17.5. The molecule has 0 aliphatic carbocycles. The maximum atomic E-state index is 12.7. The Hall–Kier alpha value is -2.71. The quantitative estimate of drug-likeness (QED) is 0.568. The predicted octanol–water partition coefficient (Wildman–Crippen LogP) is 4.58. The zero-order valence-corrected chi connectivity index (χ0v) is 19.1. The number of carbonyl (C=O) groups excluding carboxylic acids is 2. The van der Waals surface area contributed by atoms with Crippen molar-refractivity contribution >= 4 is 45.7 Å². The summed E-state index contributed by atoms with van der Waals surface area (Å²) in [5, 5.41) is 12.5. The number of hydrogen-bond donors (Lipinski definition) is 1. The second kappa shape index (κ2) is 9.62. The lowest BCUT2D eigenvalue weighted by Crippen LogP contribution is -2.28. The van der Waals surface area contributed by atoms with Gasteiger partial charge in [-0.15, -0.1) is 22.0 Å². The fraction of sp³-hybridized carbons (Fsp3) is 0.304. The van der Waals surface area contributed by atoms with E-state index in [1.165, 1.54) is 16.9 Å². The summed E-state index contributed by atoms with van der Waals surface area (Å²) in [5.74, 6) is 1.04. The lowest BCUT2D eigenvalue weighted by Gasteiger charge is -2.18. The first-order valence-corrected chi connectivity index (χ1v) is 12.1. The lowest BCUT2D eigenvalue weighted by atomic mass is 10.1. The highest BCUT2D eigenvalue weighted by molar-refractivity contribution is 7.97. The van der Waals surface area contributed by atoms with Gasteiger partial charge in [0.05, 0.1) is 5.92 Å². The molecule has 1 unspecified atom stereocenters. The van der Waals surface area contributed by atoms with Gasteiger partial charge in [-0.3, -0.25) is 9.59 Å². The molecular weight excluding hydrogens is 428 g/mol. The Morgan fingerprint density at radius 1 is 1.13 bits per heavy atom. The third-order valence-electron chi connectivity index (χ3n) is 5.05. The fourth-order valence-corrected chi connectivity index (χ4v) is 5.43. The molecule has 2 amide bonds. The van der Waals surface area contributed by atoms with Crippen molar-refractivity contribution in [2.24, 2.45) is 5.92 Å². The molecule has 4 rings (SSSR count). The number of amides is 2. The van der Waals surface area contributed by atoms with E-state index in [2.05, 4.69) is 33.7 Å². The van der Waals surface area contributed by atoms with Gasteiger partial charge in [-0.1, -0.05) is 47.7 Å². The van der Waals surface area contributed by atoms with E-state index in [1.807, 2.05) is 44.2 Å². The van der Waals surface area contributed by atoms with Crippen LogP contribution < -0.4 is 10.2 Å². The largest absolute Gasteiger partial charge is 0.312 e. The van der Waals surface area contributed by atoms with E-state index in [-0.39, 0.29) is 18.2 Å². The van der Waals surface area contributed by atoms with Gasteiger partial charge < -0.3 is 10.2 Å². The average molecular weight is 453 g/mol. The van der Waals surface area contributed by atoms with E-state index in [4.69, 9.17) is 0 Å². The third kappa shape index (κ3) is 5.51. The number of anilines is 2. The molecule has 1 atom stereocenters. The number of rotatable bonds is 7. The fourth-order valence-electron chi connectivity index (χ4n) is 3.64. The number of benzene rings is 2. The van der Waals surface area contributed by atoms with Crippen molar-refractivity contribution in [2.45, 2.75) is 31.8 Å². The van der Waals surface area contributed by atoms with Crippen LogP contribution in [0.4, 0.5) is 10.8 Å². The van der Waals surface area contributed by atoms with Crippen molar-refractivity contribution in [3.8, 4) is 0 Å². The minimum atomic E-state index is -0.395. The molecule has 0 radical (unpaired) electrons. The van der Waals surface area contributed by atoms with Crippen LogP contribution >= 0.6 is 23.1 Å². The van der Waals surface area contributed by atoms with Crippen molar-refractivity contribution in [1.82, 2.24) is 10.2 Å². The summed E-state index contributed by atoms with van der Waals surface area (Å²) in [6.45, 7) is 4.39. The van der Waals surface area contributed by atoms with Gasteiger partial charge in [0.15, 0.2) is 0 Å². The van der Waals surface area contributed by atoms with Crippen LogP contribution in [0.2, 0.25) is 0 Å². The molecule has 1 saturated heterocycles. The van der Waals surface area contributed by atoms with Crippen molar-refractivity contribution < 1.29 is 9.59 Å². The molecule has 2 aromatic carbocycles. The normalized spacial score (nSPS) is 16.0. The Morgan fingerprint density at radius 2 is 1.87 bits per heavy atom. The van der Waals surface area contributed by atoms with E-state index in [1.54, 1.807) is 16.7 Å². The van der Waals surface area contributed by atoms with Crippen LogP contribution in [0.1, 0.15) is 28.1 Å². The van der Waals surface area contributed by atoms with Gasteiger partial charge in [-0.2, -0.15) is 0 Å². The highest BCUT2D eigenvalue weighted by Crippen LogP contribution is 2.28. The predicted molar refractivity (Wildman–Crippen MR) is 126 cm³/mol. The van der Waals surface area contributed by atoms with Crippen molar-refractivity contribution in [3.63, 3.8) is 0 Å². The smallest absolute Gasteiger partial charge is 0.231 e. The van der Waals surface area contributed by atoms with Crippen molar-refractivity contribution in [2.75, 3.05) is 16.8 Å². The van der Waals surface area contributed by atoms with E-state index in [0.717, 1.165) is 33.3 Å². The van der Waals surface area contributed by atoms with Crippen LogP contribution in [-0.2, 0) is 21.1 Å². The first-order chi connectivity index (χ1) is 15.0. The summed E-state index contributed by atoms with van der Waals surface area (Å²) < 4.78 is 0. The standard InChI is InChI=1S/C23H24N4O2S2/c1-15-8-16(2)10-19(9-15)27-12-18(11-21(27)28)22(29)24-23-26-25-20(31-23)14-30-13-17-6-4-3-5-7-17/h3-10,18H,11-14H2,1-2H3,(H,24,26,29). The summed E-state index contributed by atoms with van der Waals surface area (Å²) >= 11 is 3.14. The highest BCUT2D eigenvalue weighted by atomic mass is 32.2. The van der Waals surface area contributed by atoms with Crippen LogP contribution in [0, 0.1) is 19.8 Å². The van der Waals surface area contributed by atoms with Crippen LogP contribution in [0.3, 0.4) is 0 Å². The van der Waals surface area contributed by atoms with Gasteiger partial charge in [0.25, 0.3) is 0 Å². The molecule has 6 nitrogen and oxygen atoms in total. The monoisotopic (exact) mass is 452 g/mol. The summed E-state index contributed by atoms with van der Waals surface area (Å²) in [7, 11) is 0.